The maximum Gasteiger partial charge on any atom is 0.311 e. The minimum atomic E-state index is -0.658. The van der Waals surface area contributed by atoms with Gasteiger partial charge in [-0.25, -0.2) is 4.39 Å². The van der Waals surface area contributed by atoms with Crippen molar-refractivity contribution in [3.05, 3.63) is 68.8 Å². The van der Waals surface area contributed by atoms with Crippen LogP contribution in [-0.2, 0) is 6.61 Å². The van der Waals surface area contributed by atoms with Gasteiger partial charge < -0.3 is 9.15 Å². The van der Waals surface area contributed by atoms with E-state index in [1.54, 1.807) is 6.07 Å². The lowest BCUT2D eigenvalue weighted by Crippen LogP contribution is -2.00. The zero-order chi connectivity index (χ0) is 17.1. The number of hydrogen-bond donors (Lipinski definition) is 0. The molecular weight excluding hydrogens is 385 g/mol. The van der Waals surface area contributed by atoms with Gasteiger partial charge in [-0.15, -0.1) is 10.2 Å². The predicted octanol–water partition coefficient (Wildman–Crippen LogP) is 4.13. The van der Waals surface area contributed by atoms with Crippen LogP contribution in [0.2, 0.25) is 0 Å². The molecule has 0 unspecified atom stereocenters. The van der Waals surface area contributed by atoms with E-state index < -0.39 is 10.7 Å². The van der Waals surface area contributed by atoms with Crippen molar-refractivity contribution in [3.63, 3.8) is 0 Å². The molecule has 1 aromatic heterocycles. The molecule has 0 atom stereocenters. The molecule has 3 aromatic rings. The fraction of sp³-hybridized carbons (Fsp3) is 0.0667. The summed E-state index contributed by atoms with van der Waals surface area (Å²) in [6, 6.07) is 10.2. The highest BCUT2D eigenvalue weighted by atomic mass is 79.9. The normalized spacial score (nSPS) is 10.6. The number of ether oxygens (including phenoxy) is 1. The molecule has 9 heteroatoms. The van der Waals surface area contributed by atoms with Crippen LogP contribution in [0.5, 0.6) is 5.75 Å². The minimum absolute atomic E-state index is 0.110. The van der Waals surface area contributed by atoms with Gasteiger partial charge in [0.2, 0.25) is 11.6 Å². The van der Waals surface area contributed by atoms with E-state index in [1.807, 2.05) is 18.2 Å². The first-order valence-electron chi connectivity index (χ1n) is 6.68. The molecule has 7 nitrogen and oxygen atoms in total. The van der Waals surface area contributed by atoms with E-state index in [2.05, 4.69) is 26.1 Å². The van der Waals surface area contributed by atoms with Crippen LogP contribution in [0.4, 0.5) is 10.1 Å². The van der Waals surface area contributed by atoms with E-state index in [-0.39, 0.29) is 29.8 Å². The van der Waals surface area contributed by atoms with Gasteiger partial charge in [0.25, 0.3) is 5.89 Å². The zero-order valence-electron chi connectivity index (χ0n) is 12.0. The monoisotopic (exact) mass is 393 g/mol. The fourth-order valence-electron chi connectivity index (χ4n) is 1.95. The van der Waals surface area contributed by atoms with E-state index in [1.165, 1.54) is 0 Å². The summed E-state index contributed by atoms with van der Waals surface area (Å²) < 4.78 is 24.7. The Labute approximate surface area is 143 Å². The second-order valence-corrected chi connectivity index (χ2v) is 5.49. The van der Waals surface area contributed by atoms with Crippen molar-refractivity contribution < 1.29 is 18.5 Å². The highest BCUT2D eigenvalue weighted by Crippen LogP contribution is 2.29. The van der Waals surface area contributed by atoms with E-state index in [4.69, 9.17) is 9.15 Å². The Bertz CT molecular complexity index is 900. The molecule has 0 saturated heterocycles. The lowest BCUT2D eigenvalue weighted by atomic mass is 10.2. The van der Waals surface area contributed by atoms with Crippen LogP contribution in [0.15, 0.2) is 51.4 Å². The summed E-state index contributed by atoms with van der Waals surface area (Å²) in [5, 5.41) is 18.6. The number of rotatable bonds is 5. The topological polar surface area (TPSA) is 91.3 Å². The summed E-state index contributed by atoms with van der Waals surface area (Å²) in [6.07, 6.45) is 0. The van der Waals surface area contributed by atoms with Crippen LogP contribution in [0.1, 0.15) is 5.89 Å². The van der Waals surface area contributed by atoms with E-state index in [0.717, 1.165) is 22.7 Å². The molecule has 1 heterocycles. The third-order valence-corrected chi connectivity index (χ3v) is 3.73. The third kappa shape index (κ3) is 3.40. The average Bonchev–Trinajstić information content (AvgIpc) is 3.02. The summed E-state index contributed by atoms with van der Waals surface area (Å²) in [5.41, 5.74) is 0.356. The van der Waals surface area contributed by atoms with Crippen molar-refractivity contribution in [1.82, 2.24) is 10.2 Å². The Balaban J connectivity index is 1.78. The summed E-state index contributed by atoms with van der Waals surface area (Å²) in [7, 11) is 0. The Morgan fingerprint density at radius 3 is 2.79 bits per heavy atom. The number of nitro groups is 1. The number of nitro benzene ring substituents is 1. The third-order valence-electron chi connectivity index (χ3n) is 3.04. The molecule has 0 spiro atoms. The molecule has 122 valence electrons. The lowest BCUT2D eigenvalue weighted by Gasteiger charge is -2.04. The number of halogens is 2. The van der Waals surface area contributed by atoms with Crippen LogP contribution in [0.25, 0.3) is 11.5 Å². The molecule has 0 fully saturated rings. The van der Waals surface area contributed by atoms with Crippen LogP contribution in [0, 0.1) is 15.9 Å². The van der Waals surface area contributed by atoms with Gasteiger partial charge in [-0.3, -0.25) is 10.1 Å². The van der Waals surface area contributed by atoms with Gasteiger partial charge in [0, 0.05) is 16.6 Å². The average molecular weight is 394 g/mol. The van der Waals surface area contributed by atoms with Crippen LogP contribution in [-0.4, -0.2) is 15.1 Å². The van der Waals surface area contributed by atoms with E-state index in [9.17, 15) is 14.5 Å². The molecule has 0 aliphatic carbocycles. The maximum absolute atomic E-state index is 13.2. The van der Waals surface area contributed by atoms with Crippen molar-refractivity contribution in [3.8, 4) is 17.2 Å². The summed E-state index contributed by atoms with van der Waals surface area (Å²) in [4.78, 5) is 10.3. The van der Waals surface area contributed by atoms with Gasteiger partial charge in [-0.2, -0.15) is 0 Å². The first kappa shape index (κ1) is 16.1. The highest BCUT2D eigenvalue weighted by molar-refractivity contribution is 9.10. The van der Waals surface area contributed by atoms with Crippen molar-refractivity contribution in [2.75, 3.05) is 0 Å². The quantitative estimate of drug-likeness (QED) is 0.478. The second kappa shape index (κ2) is 6.75. The Morgan fingerprint density at radius 2 is 2.04 bits per heavy atom. The molecule has 0 aliphatic rings. The van der Waals surface area contributed by atoms with Gasteiger partial charge in [0.1, 0.15) is 5.82 Å². The van der Waals surface area contributed by atoms with Crippen LogP contribution < -0.4 is 4.74 Å². The molecule has 0 amide bonds. The Hall–Kier alpha value is -2.81. The molecular formula is C15H9BrFN3O4. The number of benzene rings is 2. The highest BCUT2D eigenvalue weighted by Gasteiger charge is 2.18. The largest absolute Gasteiger partial charge is 0.477 e. The molecule has 0 saturated carbocycles. The van der Waals surface area contributed by atoms with Gasteiger partial charge >= 0.3 is 5.69 Å². The molecule has 24 heavy (non-hydrogen) atoms. The first-order chi connectivity index (χ1) is 11.5. The van der Waals surface area contributed by atoms with Crippen molar-refractivity contribution >= 4 is 21.6 Å². The molecule has 2 aromatic carbocycles. The zero-order valence-corrected chi connectivity index (χ0v) is 13.6. The van der Waals surface area contributed by atoms with Gasteiger partial charge in [-0.05, 0) is 34.1 Å². The van der Waals surface area contributed by atoms with E-state index >= 15 is 0 Å². The molecule has 0 N–H and O–H groups in total. The SMILES string of the molecule is O=[N+]([O-])c1ccc(F)cc1OCc1nnc(-c2ccccc2Br)o1. The van der Waals surface area contributed by atoms with Crippen LogP contribution >= 0.6 is 15.9 Å². The second-order valence-electron chi connectivity index (χ2n) is 4.64. The molecule has 0 bridgehead atoms. The summed E-state index contributed by atoms with van der Waals surface area (Å²) >= 11 is 3.38. The predicted molar refractivity (Wildman–Crippen MR) is 84.8 cm³/mol. The Morgan fingerprint density at radius 1 is 1.25 bits per heavy atom. The number of aromatic nitrogens is 2. The maximum atomic E-state index is 13.2. The van der Waals surface area contributed by atoms with Crippen molar-refractivity contribution in [2.24, 2.45) is 0 Å². The number of hydrogen-bond acceptors (Lipinski definition) is 6. The molecule has 3 rings (SSSR count). The van der Waals surface area contributed by atoms with Gasteiger partial charge in [0.05, 0.1) is 10.5 Å². The van der Waals surface area contributed by atoms with Crippen molar-refractivity contribution in [1.29, 1.82) is 0 Å². The number of nitrogens with zero attached hydrogens (tertiary/aromatic N) is 3. The fourth-order valence-corrected chi connectivity index (χ4v) is 2.40. The molecule has 0 radical (unpaired) electrons. The minimum Gasteiger partial charge on any atom is -0.477 e. The Kier molecular flexibility index (Phi) is 4.52. The van der Waals surface area contributed by atoms with Gasteiger partial charge in [0.15, 0.2) is 6.61 Å². The van der Waals surface area contributed by atoms with Gasteiger partial charge in [-0.1, -0.05) is 12.1 Å². The summed E-state index contributed by atoms with van der Waals surface area (Å²) in [6.45, 7) is -0.220. The standard InChI is InChI=1S/C15H9BrFN3O4/c16-11-4-2-1-3-10(11)15-19-18-14(24-15)8-23-13-7-9(17)5-6-12(13)20(21)22/h1-7H,8H2. The molecule has 0 aliphatic heterocycles. The van der Waals surface area contributed by atoms with Crippen molar-refractivity contribution in [2.45, 2.75) is 6.61 Å². The van der Waals surface area contributed by atoms with Crippen LogP contribution in [0.3, 0.4) is 0 Å². The smallest absolute Gasteiger partial charge is 0.311 e. The van der Waals surface area contributed by atoms with E-state index in [0.29, 0.717) is 5.56 Å². The lowest BCUT2D eigenvalue weighted by molar-refractivity contribution is -0.386. The summed E-state index contributed by atoms with van der Waals surface area (Å²) in [5.74, 6) is -0.468. The first-order valence-corrected chi connectivity index (χ1v) is 7.48.